The molecular weight excluding hydrogens is 384 g/mol. The molecule has 2 N–H and O–H groups in total. The van der Waals surface area contributed by atoms with Crippen molar-refractivity contribution in [1.82, 2.24) is 14.7 Å². The van der Waals surface area contributed by atoms with E-state index in [0.717, 1.165) is 21.6 Å². The van der Waals surface area contributed by atoms with Gasteiger partial charge >= 0.3 is 5.69 Å². The molecule has 8 nitrogen and oxygen atoms in total. The molecule has 0 fully saturated rings. The van der Waals surface area contributed by atoms with E-state index in [1.165, 1.54) is 12.3 Å². The van der Waals surface area contributed by atoms with Crippen molar-refractivity contribution in [1.29, 1.82) is 0 Å². The summed E-state index contributed by atoms with van der Waals surface area (Å²) < 4.78 is 6.25. The van der Waals surface area contributed by atoms with Crippen molar-refractivity contribution >= 4 is 16.7 Å². The standard InChI is InChI=1S/C22H20N4O4/c1-29-17-9-7-15(8-10-17)12-23-19-11-20(27)26(21-18(19)13-24-22(28)25-21)30-14-16-5-3-2-4-6-16/h2-11,13,23H,12,14H2,1H3,(H,24,25,28). The van der Waals surface area contributed by atoms with E-state index in [1.54, 1.807) is 7.11 Å². The Labute approximate surface area is 171 Å². The maximum Gasteiger partial charge on any atom is 0.346 e. The summed E-state index contributed by atoms with van der Waals surface area (Å²) in [5.74, 6) is 0.768. The molecule has 2 aromatic heterocycles. The van der Waals surface area contributed by atoms with Crippen LogP contribution in [0.3, 0.4) is 0 Å². The van der Waals surface area contributed by atoms with E-state index in [0.29, 0.717) is 17.6 Å². The average molecular weight is 404 g/mol. The molecule has 0 saturated carbocycles. The lowest BCUT2D eigenvalue weighted by atomic mass is 10.2. The lowest BCUT2D eigenvalue weighted by Gasteiger charge is -2.14. The zero-order chi connectivity index (χ0) is 20.9. The maximum atomic E-state index is 12.7. The molecule has 4 aromatic rings. The van der Waals surface area contributed by atoms with Crippen LogP contribution >= 0.6 is 0 Å². The van der Waals surface area contributed by atoms with Crippen molar-refractivity contribution in [3.63, 3.8) is 0 Å². The SMILES string of the molecule is COc1ccc(CNc2cc(=O)n(OCc3ccccc3)c3[nH]c(=O)ncc23)cc1. The summed E-state index contributed by atoms with van der Waals surface area (Å²) in [6.07, 6.45) is 1.42. The lowest BCUT2D eigenvalue weighted by Crippen LogP contribution is -2.29. The van der Waals surface area contributed by atoms with Gasteiger partial charge in [0.1, 0.15) is 12.4 Å². The molecule has 0 aliphatic carbocycles. The molecule has 2 heterocycles. The third-order valence-corrected chi connectivity index (χ3v) is 4.60. The van der Waals surface area contributed by atoms with Crippen LogP contribution in [0.4, 0.5) is 5.69 Å². The number of benzene rings is 2. The van der Waals surface area contributed by atoms with Gasteiger partial charge in [0.15, 0.2) is 5.65 Å². The van der Waals surface area contributed by atoms with Crippen LogP contribution in [-0.4, -0.2) is 21.8 Å². The molecule has 8 heteroatoms. The van der Waals surface area contributed by atoms with Gasteiger partial charge in [-0.2, -0.15) is 0 Å². The number of aromatic nitrogens is 3. The Morgan fingerprint density at radius 1 is 1.03 bits per heavy atom. The number of fused-ring (bicyclic) bond motifs is 1. The van der Waals surface area contributed by atoms with Crippen LogP contribution in [0, 0.1) is 0 Å². The van der Waals surface area contributed by atoms with Gasteiger partial charge in [0.2, 0.25) is 0 Å². The van der Waals surface area contributed by atoms with Crippen molar-refractivity contribution in [2.24, 2.45) is 0 Å². The number of methoxy groups -OCH3 is 1. The van der Waals surface area contributed by atoms with Crippen molar-refractivity contribution in [3.8, 4) is 5.75 Å². The molecule has 30 heavy (non-hydrogen) atoms. The molecule has 152 valence electrons. The summed E-state index contributed by atoms with van der Waals surface area (Å²) in [7, 11) is 1.61. The zero-order valence-corrected chi connectivity index (χ0v) is 16.3. The van der Waals surface area contributed by atoms with Crippen LogP contribution in [0.25, 0.3) is 11.0 Å². The first-order valence-corrected chi connectivity index (χ1v) is 9.33. The first kappa shape index (κ1) is 19.3. The van der Waals surface area contributed by atoms with Crippen LogP contribution in [0.15, 0.2) is 76.4 Å². The summed E-state index contributed by atoms with van der Waals surface area (Å²) in [5, 5.41) is 3.80. The minimum absolute atomic E-state index is 0.179. The van der Waals surface area contributed by atoms with E-state index in [2.05, 4.69) is 15.3 Å². The number of anilines is 1. The fraction of sp³-hybridized carbons (Fsp3) is 0.136. The van der Waals surface area contributed by atoms with E-state index in [-0.39, 0.29) is 12.3 Å². The Morgan fingerprint density at radius 3 is 2.53 bits per heavy atom. The Balaban J connectivity index is 1.64. The quantitative estimate of drug-likeness (QED) is 0.491. The van der Waals surface area contributed by atoms with Crippen LogP contribution in [0.5, 0.6) is 5.75 Å². The minimum atomic E-state index is -0.564. The first-order chi connectivity index (χ1) is 14.6. The number of aromatic amines is 1. The predicted octanol–water partition coefficient (Wildman–Crippen LogP) is 2.33. The Hall–Kier alpha value is -4.07. The fourth-order valence-corrected chi connectivity index (χ4v) is 3.04. The van der Waals surface area contributed by atoms with Gasteiger partial charge in [-0.1, -0.05) is 42.5 Å². The second-order valence-electron chi connectivity index (χ2n) is 6.60. The zero-order valence-electron chi connectivity index (χ0n) is 16.3. The molecular formula is C22H20N4O4. The van der Waals surface area contributed by atoms with E-state index in [4.69, 9.17) is 9.57 Å². The predicted molar refractivity (Wildman–Crippen MR) is 114 cm³/mol. The number of nitrogens with one attached hydrogen (secondary N) is 2. The number of hydrogen-bond donors (Lipinski definition) is 2. The van der Waals surface area contributed by atoms with Gasteiger partial charge in [-0.25, -0.2) is 9.78 Å². The van der Waals surface area contributed by atoms with Gasteiger partial charge in [0, 0.05) is 18.8 Å². The molecule has 0 aliphatic rings. The number of H-pyrrole nitrogens is 1. The third-order valence-electron chi connectivity index (χ3n) is 4.60. The summed E-state index contributed by atoms with van der Waals surface area (Å²) in [5.41, 5.74) is 1.73. The minimum Gasteiger partial charge on any atom is -0.497 e. The fourth-order valence-electron chi connectivity index (χ4n) is 3.04. The van der Waals surface area contributed by atoms with Gasteiger partial charge in [-0.05, 0) is 23.3 Å². The highest BCUT2D eigenvalue weighted by atomic mass is 16.7. The van der Waals surface area contributed by atoms with Crippen LogP contribution in [0.2, 0.25) is 0 Å². The molecule has 0 spiro atoms. The van der Waals surface area contributed by atoms with E-state index in [1.807, 2.05) is 54.6 Å². The topological polar surface area (TPSA) is 98.2 Å². The molecule has 0 atom stereocenters. The smallest absolute Gasteiger partial charge is 0.346 e. The monoisotopic (exact) mass is 404 g/mol. The molecule has 0 unspecified atom stereocenters. The molecule has 2 aromatic carbocycles. The second kappa shape index (κ2) is 8.52. The largest absolute Gasteiger partial charge is 0.497 e. The van der Waals surface area contributed by atoms with Gasteiger partial charge in [0.05, 0.1) is 18.2 Å². The van der Waals surface area contributed by atoms with Crippen molar-refractivity contribution < 1.29 is 9.57 Å². The summed E-state index contributed by atoms with van der Waals surface area (Å²) in [6, 6.07) is 18.5. The maximum absolute atomic E-state index is 12.7. The number of hydrogen-bond acceptors (Lipinski definition) is 6. The highest BCUT2D eigenvalue weighted by Gasteiger charge is 2.12. The number of ether oxygens (including phenoxy) is 1. The highest BCUT2D eigenvalue weighted by Crippen LogP contribution is 2.19. The van der Waals surface area contributed by atoms with E-state index >= 15 is 0 Å². The summed E-state index contributed by atoms with van der Waals surface area (Å²) in [4.78, 5) is 36.6. The van der Waals surface area contributed by atoms with Gasteiger partial charge < -0.3 is 14.9 Å². The molecule has 0 amide bonds. The van der Waals surface area contributed by atoms with Crippen molar-refractivity contribution in [3.05, 3.63) is 98.8 Å². The molecule has 0 bridgehead atoms. The average Bonchev–Trinajstić information content (AvgIpc) is 2.78. The summed E-state index contributed by atoms with van der Waals surface area (Å²) >= 11 is 0. The number of nitrogens with zero attached hydrogens (tertiary/aromatic N) is 2. The van der Waals surface area contributed by atoms with Crippen molar-refractivity contribution in [2.45, 2.75) is 13.2 Å². The van der Waals surface area contributed by atoms with Crippen LogP contribution < -0.4 is 26.1 Å². The number of rotatable bonds is 7. The van der Waals surface area contributed by atoms with E-state index < -0.39 is 11.2 Å². The molecule has 0 saturated heterocycles. The van der Waals surface area contributed by atoms with Crippen LogP contribution in [-0.2, 0) is 13.2 Å². The Morgan fingerprint density at radius 2 is 1.80 bits per heavy atom. The molecule has 4 rings (SSSR count). The van der Waals surface area contributed by atoms with Gasteiger partial charge in [-0.3, -0.25) is 9.78 Å². The Kier molecular flexibility index (Phi) is 5.47. The lowest BCUT2D eigenvalue weighted by molar-refractivity contribution is 0.0979. The van der Waals surface area contributed by atoms with Gasteiger partial charge in [0.25, 0.3) is 5.56 Å². The molecule has 0 aliphatic heterocycles. The summed E-state index contributed by atoms with van der Waals surface area (Å²) in [6.45, 7) is 0.658. The number of pyridine rings is 1. The van der Waals surface area contributed by atoms with Crippen molar-refractivity contribution in [2.75, 3.05) is 12.4 Å². The second-order valence-corrected chi connectivity index (χ2v) is 6.60. The normalized spacial score (nSPS) is 10.7. The highest BCUT2D eigenvalue weighted by molar-refractivity contribution is 5.87. The van der Waals surface area contributed by atoms with Gasteiger partial charge in [-0.15, -0.1) is 4.73 Å². The third kappa shape index (κ3) is 4.17. The van der Waals surface area contributed by atoms with Crippen LogP contribution in [0.1, 0.15) is 11.1 Å². The van der Waals surface area contributed by atoms with E-state index in [9.17, 15) is 9.59 Å². The molecule has 0 radical (unpaired) electrons. The Bertz CT molecular complexity index is 1260. The first-order valence-electron chi connectivity index (χ1n) is 9.33.